The smallest absolute Gasteiger partial charge is 0.271 e. The summed E-state index contributed by atoms with van der Waals surface area (Å²) in [5, 5.41) is 11.1. The summed E-state index contributed by atoms with van der Waals surface area (Å²) in [4.78, 5) is 20.4. The van der Waals surface area contributed by atoms with Crippen LogP contribution in [0.1, 0.15) is 27.7 Å². The maximum Gasteiger partial charge on any atom is 0.271 e. The van der Waals surface area contributed by atoms with Gasteiger partial charge in [0.25, 0.3) is 5.91 Å². The molecule has 1 aliphatic rings. The Kier molecular flexibility index (Phi) is 5.07. The second-order valence-electron chi connectivity index (χ2n) is 6.61. The van der Waals surface area contributed by atoms with Crippen LogP contribution in [-0.4, -0.2) is 58.0 Å². The van der Waals surface area contributed by atoms with Crippen molar-refractivity contribution in [3.05, 3.63) is 47.5 Å². The predicted molar refractivity (Wildman–Crippen MR) is 101 cm³/mol. The molecule has 3 heterocycles. The molecule has 1 atom stereocenters. The van der Waals surface area contributed by atoms with Gasteiger partial charge in [-0.05, 0) is 18.1 Å². The van der Waals surface area contributed by atoms with E-state index in [0.29, 0.717) is 43.5 Å². The first-order chi connectivity index (χ1) is 13.7. The van der Waals surface area contributed by atoms with E-state index in [9.17, 15) is 4.79 Å². The number of hydrogen-bond donors (Lipinski definition) is 2. The van der Waals surface area contributed by atoms with Gasteiger partial charge in [0.2, 0.25) is 0 Å². The highest BCUT2D eigenvalue weighted by atomic mass is 16.5. The Morgan fingerprint density at radius 2 is 2.14 bits per heavy atom. The van der Waals surface area contributed by atoms with Crippen molar-refractivity contribution in [1.29, 1.82) is 0 Å². The van der Waals surface area contributed by atoms with Crippen molar-refractivity contribution in [1.82, 2.24) is 30.0 Å². The van der Waals surface area contributed by atoms with Crippen molar-refractivity contribution < 1.29 is 14.3 Å². The summed E-state index contributed by atoms with van der Waals surface area (Å²) < 4.78 is 12.5. The number of nitrogens with one attached hydrogen (secondary N) is 2. The first-order valence-corrected chi connectivity index (χ1v) is 9.08. The molecule has 0 bridgehead atoms. The van der Waals surface area contributed by atoms with Crippen molar-refractivity contribution in [2.45, 2.75) is 18.9 Å². The van der Waals surface area contributed by atoms with Gasteiger partial charge < -0.3 is 24.3 Å². The van der Waals surface area contributed by atoms with Crippen LogP contribution >= 0.6 is 0 Å². The molecule has 146 valence electrons. The molecule has 1 aliphatic heterocycles. The number of benzene rings is 1. The van der Waals surface area contributed by atoms with Crippen LogP contribution < -0.4 is 10.1 Å². The monoisotopic (exact) mass is 382 g/mol. The molecule has 0 fully saturated rings. The van der Waals surface area contributed by atoms with E-state index in [2.05, 4.69) is 25.5 Å². The summed E-state index contributed by atoms with van der Waals surface area (Å²) in [5.41, 5.74) is 2.23. The van der Waals surface area contributed by atoms with Gasteiger partial charge in [-0.3, -0.25) is 4.79 Å². The summed E-state index contributed by atoms with van der Waals surface area (Å²) in [5.74, 6) is 1.78. The van der Waals surface area contributed by atoms with Gasteiger partial charge in [-0.25, -0.2) is 4.98 Å². The molecular weight excluding hydrogens is 360 g/mol. The lowest BCUT2D eigenvalue weighted by Gasteiger charge is -2.17. The van der Waals surface area contributed by atoms with E-state index in [1.54, 1.807) is 20.5 Å². The summed E-state index contributed by atoms with van der Waals surface area (Å²) >= 11 is 0. The number of amides is 1. The SMILES string of the molecule is COCCn1cnnc1-c1nc2c([nH]1)C[C@@H](c1ccccc1OC)CNC2=O. The van der Waals surface area contributed by atoms with Crippen molar-refractivity contribution in [2.24, 2.45) is 0 Å². The first-order valence-electron chi connectivity index (χ1n) is 9.08. The molecule has 0 unspecified atom stereocenters. The van der Waals surface area contributed by atoms with Crippen molar-refractivity contribution in [3.8, 4) is 17.4 Å². The highest BCUT2D eigenvalue weighted by molar-refractivity contribution is 5.94. The number of rotatable bonds is 6. The lowest BCUT2D eigenvalue weighted by molar-refractivity contribution is 0.0950. The highest BCUT2D eigenvalue weighted by Crippen LogP contribution is 2.31. The number of para-hydroxylation sites is 1. The number of carbonyl (C=O) groups is 1. The van der Waals surface area contributed by atoms with Gasteiger partial charge in [-0.1, -0.05) is 18.2 Å². The fourth-order valence-electron chi connectivity index (χ4n) is 3.48. The maximum absolute atomic E-state index is 12.6. The molecule has 0 radical (unpaired) electrons. The molecule has 4 rings (SSSR count). The molecule has 0 spiro atoms. The molecule has 1 amide bonds. The van der Waals surface area contributed by atoms with Crippen LogP contribution in [0.15, 0.2) is 30.6 Å². The molecule has 1 aromatic carbocycles. The lowest BCUT2D eigenvalue weighted by atomic mass is 9.93. The number of hydrogen-bond acceptors (Lipinski definition) is 6. The average Bonchev–Trinajstić information content (AvgIpc) is 3.32. The molecule has 0 saturated carbocycles. The second-order valence-corrected chi connectivity index (χ2v) is 6.61. The van der Waals surface area contributed by atoms with Crippen molar-refractivity contribution >= 4 is 5.91 Å². The van der Waals surface area contributed by atoms with Crippen LogP contribution in [0.3, 0.4) is 0 Å². The number of imidazole rings is 1. The number of aromatic nitrogens is 5. The summed E-state index contributed by atoms with van der Waals surface area (Å²) in [6, 6.07) is 7.87. The average molecular weight is 382 g/mol. The van der Waals surface area contributed by atoms with Crippen LogP contribution in [0.5, 0.6) is 5.75 Å². The van der Waals surface area contributed by atoms with Gasteiger partial charge in [-0.15, -0.1) is 10.2 Å². The lowest BCUT2D eigenvalue weighted by Crippen LogP contribution is -2.26. The topological polar surface area (TPSA) is 107 Å². The summed E-state index contributed by atoms with van der Waals surface area (Å²) in [7, 11) is 3.29. The van der Waals surface area contributed by atoms with Gasteiger partial charge in [0.15, 0.2) is 11.6 Å². The second kappa shape index (κ2) is 7.81. The van der Waals surface area contributed by atoms with Crippen molar-refractivity contribution in [2.75, 3.05) is 27.4 Å². The van der Waals surface area contributed by atoms with Gasteiger partial charge in [0, 0.05) is 31.8 Å². The number of methoxy groups -OCH3 is 2. The Bertz CT molecular complexity index is 980. The highest BCUT2D eigenvalue weighted by Gasteiger charge is 2.28. The molecular formula is C19H22N6O3. The zero-order chi connectivity index (χ0) is 19.5. The predicted octanol–water partition coefficient (Wildman–Crippen LogP) is 1.39. The minimum absolute atomic E-state index is 0.0704. The van der Waals surface area contributed by atoms with Gasteiger partial charge in [-0.2, -0.15) is 0 Å². The molecule has 9 heteroatoms. The third kappa shape index (κ3) is 3.36. The number of fused-ring (bicyclic) bond motifs is 1. The van der Waals surface area contributed by atoms with E-state index in [-0.39, 0.29) is 11.8 Å². The van der Waals surface area contributed by atoms with Gasteiger partial charge in [0.05, 0.1) is 13.7 Å². The quantitative estimate of drug-likeness (QED) is 0.667. The van der Waals surface area contributed by atoms with E-state index < -0.39 is 0 Å². The molecule has 0 saturated heterocycles. The normalized spacial score (nSPS) is 16.4. The number of carbonyl (C=O) groups excluding carboxylic acids is 1. The van der Waals surface area contributed by atoms with E-state index in [1.165, 1.54) is 0 Å². The van der Waals surface area contributed by atoms with E-state index in [4.69, 9.17) is 9.47 Å². The van der Waals surface area contributed by atoms with E-state index >= 15 is 0 Å². The fourth-order valence-corrected chi connectivity index (χ4v) is 3.48. The molecule has 9 nitrogen and oxygen atoms in total. The summed E-state index contributed by atoms with van der Waals surface area (Å²) in [6.45, 7) is 1.64. The van der Waals surface area contributed by atoms with Crippen LogP contribution in [0.4, 0.5) is 0 Å². The van der Waals surface area contributed by atoms with Crippen LogP contribution in [0.25, 0.3) is 11.6 Å². The Morgan fingerprint density at radius 3 is 2.96 bits per heavy atom. The molecule has 3 aromatic rings. The summed E-state index contributed by atoms with van der Waals surface area (Å²) in [6.07, 6.45) is 2.26. The number of aromatic amines is 1. The van der Waals surface area contributed by atoms with E-state index in [1.807, 2.05) is 28.8 Å². The molecule has 28 heavy (non-hydrogen) atoms. The third-order valence-electron chi connectivity index (χ3n) is 4.90. The van der Waals surface area contributed by atoms with Gasteiger partial charge >= 0.3 is 0 Å². The Labute approximate surface area is 162 Å². The first kappa shape index (κ1) is 18.2. The Balaban J connectivity index is 1.67. The number of ether oxygens (including phenoxy) is 2. The third-order valence-corrected chi connectivity index (χ3v) is 4.90. The van der Waals surface area contributed by atoms with Crippen LogP contribution in [0.2, 0.25) is 0 Å². The molecule has 2 N–H and O–H groups in total. The molecule has 2 aromatic heterocycles. The standard InChI is InChI=1S/C19H22N6O3/c1-27-8-7-25-11-21-24-18(25)17-22-14-9-12(10-20-19(26)16(14)23-17)13-5-3-4-6-15(13)28-2/h3-6,11-12H,7-10H2,1-2H3,(H,20,26)(H,22,23)/t12-/m1/s1. The van der Waals surface area contributed by atoms with Crippen molar-refractivity contribution in [3.63, 3.8) is 0 Å². The zero-order valence-corrected chi connectivity index (χ0v) is 15.8. The maximum atomic E-state index is 12.6. The molecule has 0 aliphatic carbocycles. The minimum Gasteiger partial charge on any atom is -0.496 e. The zero-order valence-electron chi connectivity index (χ0n) is 15.8. The number of nitrogens with zero attached hydrogens (tertiary/aromatic N) is 4. The van der Waals surface area contributed by atoms with E-state index in [0.717, 1.165) is 17.0 Å². The number of H-pyrrole nitrogens is 1. The largest absolute Gasteiger partial charge is 0.496 e. The van der Waals surface area contributed by atoms with Crippen LogP contribution in [-0.2, 0) is 17.7 Å². The van der Waals surface area contributed by atoms with Crippen LogP contribution in [0, 0.1) is 0 Å². The Hall–Kier alpha value is -3.20. The van der Waals surface area contributed by atoms with Gasteiger partial charge in [0.1, 0.15) is 17.8 Å². The fraction of sp³-hybridized carbons (Fsp3) is 0.368. The Morgan fingerprint density at radius 1 is 1.29 bits per heavy atom. The minimum atomic E-state index is -0.196.